The summed E-state index contributed by atoms with van der Waals surface area (Å²) >= 11 is 0. The van der Waals surface area contributed by atoms with Crippen molar-refractivity contribution in [3.05, 3.63) is 47.5 Å². The van der Waals surface area contributed by atoms with Crippen molar-refractivity contribution in [1.29, 1.82) is 0 Å². The third-order valence-electron chi connectivity index (χ3n) is 7.64. The second kappa shape index (κ2) is 7.06. The Labute approximate surface area is 162 Å². The molecule has 2 aliphatic carbocycles. The van der Waals surface area contributed by atoms with E-state index in [1.165, 1.54) is 11.1 Å². The molecule has 4 rings (SSSR count). The monoisotopic (exact) mass is 370 g/mol. The molecule has 27 heavy (non-hydrogen) atoms. The summed E-state index contributed by atoms with van der Waals surface area (Å²) < 4.78 is 5.76. The highest BCUT2D eigenvalue weighted by Gasteiger charge is 2.60. The minimum atomic E-state index is -0.519. The topological polar surface area (TPSA) is 63.1 Å². The maximum Gasteiger partial charge on any atom is 0.315 e. The Balaban J connectivity index is 1.52. The first kappa shape index (κ1) is 18.7. The Kier molecular flexibility index (Phi) is 4.89. The number of esters is 1. The molecule has 1 saturated carbocycles. The first-order chi connectivity index (χ1) is 12.9. The number of ether oxygens (including phenoxy) is 1. The van der Waals surface area contributed by atoms with E-state index in [4.69, 9.17) is 4.74 Å². The summed E-state index contributed by atoms with van der Waals surface area (Å²) in [5.41, 5.74) is 2.32. The van der Waals surface area contributed by atoms with Gasteiger partial charge in [-0.2, -0.15) is 0 Å². The number of hydrogen-bond acceptors (Lipinski definition) is 3. The van der Waals surface area contributed by atoms with E-state index < -0.39 is 6.10 Å². The van der Waals surface area contributed by atoms with Crippen LogP contribution in [0.2, 0.25) is 0 Å². The fourth-order valence-electron chi connectivity index (χ4n) is 5.57. The molecule has 0 bridgehead atoms. The second-order valence-electron chi connectivity index (χ2n) is 8.97. The number of hydrogen-bond donors (Lipinski definition) is 2. The molecular weight excluding hydrogens is 338 g/mol. The molecule has 7 atom stereocenters. The molecule has 0 aromatic heterocycles. The van der Waals surface area contributed by atoms with E-state index in [1.54, 1.807) is 0 Å². The maximum absolute atomic E-state index is 12.7. The molecule has 3 N–H and O–H groups in total. The minimum absolute atomic E-state index is 0.0978. The molecule has 0 spiro atoms. The molecule has 2 fully saturated rings. The van der Waals surface area contributed by atoms with Crippen LogP contribution in [0.4, 0.5) is 0 Å². The van der Waals surface area contributed by atoms with Crippen molar-refractivity contribution in [2.45, 2.75) is 58.3 Å². The molecule has 1 aromatic carbocycles. The van der Waals surface area contributed by atoms with Crippen molar-refractivity contribution in [1.82, 2.24) is 0 Å². The zero-order valence-corrected chi connectivity index (χ0v) is 16.6. The lowest BCUT2D eigenvalue weighted by atomic mass is 9.55. The van der Waals surface area contributed by atoms with Gasteiger partial charge in [-0.3, -0.25) is 4.79 Å². The zero-order chi connectivity index (χ0) is 19.2. The van der Waals surface area contributed by atoms with Crippen LogP contribution in [-0.4, -0.2) is 29.8 Å². The Morgan fingerprint density at radius 2 is 2.07 bits per heavy atom. The summed E-state index contributed by atoms with van der Waals surface area (Å²) in [5, 5.41) is 13.6. The number of allylic oxidation sites excluding steroid dienone is 1. The predicted octanol–water partition coefficient (Wildman–Crippen LogP) is 2.60. The van der Waals surface area contributed by atoms with E-state index in [1.807, 2.05) is 18.2 Å². The summed E-state index contributed by atoms with van der Waals surface area (Å²) in [4.78, 5) is 12.7. The largest absolute Gasteiger partial charge is 0.461 e. The minimum Gasteiger partial charge on any atom is -0.461 e. The highest BCUT2D eigenvalue weighted by Crippen LogP contribution is 2.55. The van der Waals surface area contributed by atoms with Crippen LogP contribution in [-0.2, 0) is 9.53 Å². The maximum atomic E-state index is 12.7. The predicted molar refractivity (Wildman–Crippen MR) is 104 cm³/mol. The molecule has 1 heterocycles. The van der Waals surface area contributed by atoms with E-state index in [0.29, 0.717) is 12.5 Å². The lowest BCUT2D eigenvalue weighted by Gasteiger charge is -2.51. The van der Waals surface area contributed by atoms with Crippen molar-refractivity contribution in [2.75, 3.05) is 6.54 Å². The molecule has 1 aromatic rings. The highest BCUT2D eigenvalue weighted by molar-refractivity contribution is 5.76. The number of carbonyl (C=O) groups is 1. The van der Waals surface area contributed by atoms with Gasteiger partial charge in [0.15, 0.2) is 0 Å². The summed E-state index contributed by atoms with van der Waals surface area (Å²) in [7, 11) is 0. The normalized spacial score (nSPS) is 39.2. The summed E-state index contributed by atoms with van der Waals surface area (Å²) in [5.74, 6) is -0.0313. The number of rotatable bonds is 4. The van der Waals surface area contributed by atoms with Gasteiger partial charge in [-0.1, -0.05) is 55.8 Å². The molecule has 146 valence electrons. The van der Waals surface area contributed by atoms with Crippen molar-refractivity contribution >= 4 is 5.97 Å². The fourth-order valence-corrected chi connectivity index (χ4v) is 5.57. The molecule has 1 saturated heterocycles. The average Bonchev–Trinajstić information content (AvgIpc) is 2.98. The zero-order valence-electron chi connectivity index (χ0n) is 16.6. The van der Waals surface area contributed by atoms with E-state index in [0.717, 1.165) is 19.3 Å². The lowest BCUT2D eigenvalue weighted by Crippen LogP contribution is -2.86. The van der Waals surface area contributed by atoms with Crippen LogP contribution < -0.4 is 5.32 Å². The Hall–Kier alpha value is -1.65. The van der Waals surface area contributed by atoms with Gasteiger partial charge in [0.05, 0.1) is 12.6 Å². The number of nitrogens with two attached hydrogens (primary N) is 1. The number of benzene rings is 1. The standard InChI is InChI=1S/C23H31NO3/c1-14-8-7-11-17-12-19-20(21(25)23(14,17)3)18(22(26)27-19)13-24-15(2)16-9-5-4-6-10-16/h4-6,9-11,14-15,18-21,24-25H,7-8,12-13H2,1-3H3/p+1/t14-,15+,18-,19-,20-,21+,23-/m1/s1. The van der Waals surface area contributed by atoms with Gasteiger partial charge in [-0.05, 0) is 25.7 Å². The SMILES string of the molecule is C[C@H]([NH2+]C[C@H]1C(=O)O[C@@H]2CC3=CCC[C@@H](C)[C@@]3(C)[C@@H](O)[C@@H]21)c1ccccc1. The van der Waals surface area contributed by atoms with Gasteiger partial charge >= 0.3 is 5.97 Å². The molecule has 0 amide bonds. The molecule has 1 aliphatic heterocycles. The second-order valence-corrected chi connectivity index (χ2v) is 8.97. The number of quaternary nitrogens is 1. The summed E-state index contributed by atoms with van der Waals surface area (Å²) in [6, 6.07) is 10.6. The van der Waals surface area contributed by atoms with Gasteiger partial charge < -0.3 is 15.2 Å². The smallest absolute Gasteiger partial charge is 0.315 e. The van der Waals surface area contributed by atoms with Crippen LogP contribution >= 0.6 is 0 Å². The van der Waals surface area contributed by atoms with Crippen molar-refractivity contribution in [3.63, 3.8) is 0 Å². The van der Waals surface area contributed by atoms with E-state index >= 15 is 0 Å². The van der Waals surface area contributed by atoms with Gasteiger partial charge in [0.2, 0.25) is 0 Å². The Morgan fingerprint density at radius 1 is 1.33 bits per heavy atom. The summed E-state index contributed by atoms with van der Waals surface area (Å²) in [6.07, 6.45) is 4.56. The Morgan fingerprint density at radius 3 is 2.81 bits per heavy atom. The Bertz CT molecular complexity index is 730. The van der Waals surface area contributed by atoms with Crippen molar-refractivity contribution in [3.8, 4) is 0 Å². The van der Waals surface area contributed by atoms with Crippen LogP contribution in [0.15, 0.2) is 42.0 Å². The van der Waals surface area contributed by atoms with Gasteiger partial charge in [0, 0.05) is 23.3 Å². The van der Waals surface area contributed by atoms with Crippen LogP contribution in [0, 0.1) is 23.2 Å². The van der Waals surface area contributed by atoms with Crippen molar-refractivity contribution < 1.29 is 20.0 Å². The number of fused-ring (bicyclic) bond motifs is 2. The third-order valence-corrected chi connectivity index (χ3v) is 7.64. The van der Waals surface area contributed by atoms with Crippen LogP contribution in [0.25, 0.3) is 0 Å². The van der Waals surface area contributed by atoms with E-state index in [2.05, 4.69) is 44.3 Å². The highest BCUT2D eigenvalue weighted by atomic mass is 16.6. The number of aliphatic hydroxyl groups excluding tert-OH is 1. The van der Waals surface area contributed by atoms with E-state index in [9.17, 15) is 9.90 Å². The first-order valence-electron chi connectivity index (χ1n) is 10.4. The third kappa shape index (κ3) is 3.03. The van der Waals surface area contributed by atoms with Gasteiger partial charge in [0.25, 0.3) is 0 Å². The van der Waals surface area contributed by atoms with Crippen LogP contribution in [0.1, 0.15) is 51.6 Å². The van der Waals surface area contributed by atoms with E-state index in [-0.39, 0.29) is 35.4 Å². The van der Waals surface area contributed by atoms with Gasteiger partial charge in [0.1, 0.15) is 18.1 Å². The molecule has 3 aliphatic rings. The van der Waals surface area contributed by atoms with Gasteiger partial charge in [-0.15, -0.1) is 0 Å². The number of carbonyl (C=O) groups excluding carboxylic acids is 1. The fraction of sp³-hybridized carbons (Fsp3) is 0.609. The quantitative estimate of drug-likeness (QED) is 0.633. The summed E-state index contributed by atoms with van der Waals surface area (Å²) in [6.45, 7) is 7.26. The van der Waals surface area contributed by atoms with Crippen molar-refractivity contribution in [2.24, 2.45) is 23.2 Å². The van der Waals surface area contributed by atoms with Crippen LogP contribution in [0.5, 0.6) is 0 Å². The first-order valence-corrected chi connectivity index (χ1v) is 10.4. The molecule has 0 unspecified atom stereocenters. The van der Waals surface area contributed by atoms with Gasteiger partial charge in [-0.25, -0.2) is 0 Å². The molecule has 4 nitrogen and oxygen atoms in total. The molecular formula is C23H32NO3+. The lowest BCUT2D eigenvalue weighted by molar-refractivity contribution is -0.697. The number of aliphatic hydroxyl groups is 1. The average molecular weight is 371 g/mol. The molecule has 4 heteroatoms. The molecule has 0 radical (unpaired) electrons. The van der Waals surface area contributed by atoms with Crippen LogP contribution in [0.3, 0.4) is 0 Å².